The second-order valence-electron chi connectivity index (χ2n) is 4.12. The smallest absolute Gasteiger partial charge is 0.227 e. The molecule has 19 heavy (non-hydrogen) atoms. The van der Waals surface area contributed by atoms with Crippen LogP contribution in [0.3, 0.4) is 0 Å². The minimum Gasteiger partial charge on any atom is -0.328 e. The van der Waals surface area contributed by atoms with Gasteiger partial charge >= 0.3 is 0 Å². The highest BCUT2D eigenvalue weighted by atomic mass is 15.5. The molecule has 7 heteroatoms. The third kappa shape index (κ3) is 2.44. The lowest BCUT2D eigenvalue weighted by Crippen LogP contribution is -2.27. The van der Waals surface area contributed by atoms with Gasteiger partial charge in [-0.25, -0.2) is 4.68 Å². The van der Waals surface area contributed by atoms with E-state index >= 15 is 0 Å². The van der Waals surface area contributed by atoms with E-state index in [0.717, 1.165) is 11.3 Å². The zero-order chi connectivity index (χ0) is 13.1. The minimum absolute atomic E-state index is 0.142. The number of pyridine rings is 1. The van der Waals surface area contributed by atoms with Crippen molar-refractivity contribution in [3.8, 4) is 0 Å². The summed E-state index contributed by atoms with van der Waals surface area (Å²) in [4.78, 5) is 8.08. The molecule has 0 spiro atoms. The molecule has 2 aromatic heterocycles. The highest BCUT2D eigenvalue weighted by molar-refractivity contribution is 5.78. The van der Waals surface area contributed by atoms with Crippen molar-refractivity contribution < 1.29 is 0 Å². The molecule has 0 saturated carbocycles. The fourth-order valence-corrected chi connectivity index (χ4v) is 1.80. The van der Waals surface area contributed by atoms with Gasteiger partial charge in [-0.1, -0.05) is 0 Å². The molecule has 7 nitrogen and oxygen atoms in total. The first-order chi connectivity index (χ1) is 9.33. The number of fused-ring (bicyclic) bond motifs is 1. The first-order valence-corrected chi connectivity index (χ1v) is 5.86. The average molecular weight is 255 g/mol. The van der Waals surface area contributed by atoms with Gasteiger partial charge in [0, 0.05) is 18.1 Å². The van der Waals surface area contributed by atoms with E-state index in [0.29, 0.717) is 5.95 Å². The number of allylic oxidation sites excluding steroid dienone is 1. The summed E-state index contributed by atoms with van der Waals surface area (Å²) in [5.41, 5.74) is 5.03. The maximum Gasteiger partial charge on any atom is 0.227 e. The maximum absolute atomic E-state index is 4.21. The standard InChI is InChI=1S/C12H13N7/c1-9-6-11(19-12(17-9)14-8-16-19)18-15-7-10-2-4-13-5-3-10/h2-8,11,18H,1H3,(H,14,16,17)/b15-7+. The molecular weight excluding hydrogens is 242 g/mol. The Bertz CT molecular complexity index is 614. The van der Waals surface area contributed by atoms with Gasteiger partial charge in [-0.2, -0.15) is 15.2 Å². The molecule has 1 atom stereocenters. The number of aromatic nitrogens is 4. The van der Waals surface area contributed by atoms with E-state index in [1.165, 1.54) is 6.33 Å². The highest BCUT2D eigenvalue weighted by Gasteiger charge is 2.18. The van der Waals surface area contributed by atoms with Crippen LogP contribution in [0.1, 0.15) is 18.7 Å². The van der Waals surface area contributed by atoms with Crippen molar-refractivity contribution in [2.45, 2.75) is 13.1 Å². The van der Waals surface area contributed by atoms with Crippen LogP contribution in [-0.2, 0) is 0 Å². The third-order valence-electron chi connectivity index (χ3n) is 2.68. The first-order valence-electron chi connectivity index (χ1n) is 5.86. The van der Waals surface area contributed by atoms with Gasteiger partial charge in [0.15, 0.2) is 6.17 Å². The lowest BCUT2D eigenvalue weighted by molar-refractivity contribution is 0.451. The number of hydrogen-bond donors (Lipinski definition) is 2. The van der Waals surface area contributed by atoms with Crippen molar-refractivity contribution in [2.75, 3.05) is 5.32 Å². The molecule has 0 bridgehead atoms. The van der Waals surface area contributed by atoms with Crippen molar-refractivity contribution in [3.05, 3.63) is 48.2 Å². The van der Waals surface area contributed by atoms with E-state index in [-0.39, 0.29) is 6.17 Å². The van der Waals surface area contributed by atoms with E-state index in [1.54, 1.807) is 23.3 Å². The molecule has 1 unspecified atom stereocenters. The van der Waals surface area contributed by atoms with E-state index in [1.807, 2.05) is 25.1 Å². The SMILES string of the molecule is CC1=CC(N/N=C/c2ccncc2)n2ncnc2N1. The van der Waals surface area contributed by atoms with E-state index in [4.69, 9.17) is 0 Å². The Morgan fingerprint density at radius 1 is 1.42 bits per heavy atom. The molecule has 0 aliphatic carbocycles. The maximum atomic E-state index is 4.21. The van der Waals surface area contributed by atoms with Crippen molar-refractivity contribution >= 4 is 12.2 Å². The topological polar surface area (TPSA) is 80.0 Å². The van der Waals surface area contributed by atoms with Crippen molar-refractivity contribution in [3.63, 3.8) is 0 Å². The molecule has 96 valence electrons. The zero-order valence-corrected chi connectivity index (χ0v) is 10.4. The molecule has 0 aromatic carbocycles. The monoisotopic (exact) mass is 255 g/mol. The molecule has 3 rings (SSSR count). The van der Waals surface area contributed by atoms with Crippen LogP contribution in [0.25, 0.3) is 0 Å². The second-order valence-corrected chi connectivity index (χ2v) is 4.12. The highest BCUT2D eigenvalue weighted by Crippen LogP contribution is 2.19. The summed E-state index contributed by atoms with van der Waals surface area (Å²) in [6.45, 7) is 1.97. The normalized spacial score (nSPS) is 17.7. The van der Waals surface area contributed by atoms with Crippen LogP contribution in [0.5, 0.6) is 0 Å². The van der Waals surface area contributed by atoms with Crippen LogP contribution in [0, 0.1) is 0 Å². The van der Waals surface area contributed by atoms with Crippen molar-refractivity contribution in [1.82, 2.24) is 25.2 Å². The van der Waals surface area contributed by atoms with Gasteiger partial charge in [-0.05, 0) is 30.7 Å². The number of anilines is 1. The second kappa shape index (κ2) is 4.89. The summed E-state index contributed by atoms with van der Waals surface area (Å²) in [6, 6.07) is 3.77. The Balaban J connectivity index is 1.73. The van der Waals surface area contributed by atoms with E-state index in [9.17, 15) is 0 Å². The third-order valence-corrected chi connectivity index (χ3v) is 2.68. The molecule has 0 radical (unpaired) electrons. The largest absolute Gasteiger partial charge is 0.328 e. The predicted molar refractivity (Wildman–Crippen MR) is 71.4 cm³/mol. The van der Waals surface area contributed by atoms with Gasteiger partial charge in [0.2, 0.25) is 5.95 Å². The fraction of sp³-hybridized carbons (Fsp3) is 0.167. The minimum atomic E-state index is -0.142. The number of nitrogens with one attached hydrogen (secondary N) is 2. The summed E-state index contributed by atoms with van der Waals surface area (Å²) in [6.07, 6.45) is 8.55. The summed E-state index contributed by atoms with van der Waals surface area (Å²) < 4.78 is 1.73. The Morgan fingerprint density at radius 2 is 2.26 bits per heavy atom. The molecule has 2 aromatic rings. The van der Waals surface area contributed by atoms with Crippen LogP contribution >= 0.6 is 0 Å². The number of rotatable bonds is 3. The predicted octanol–water partition coefficient (Wildman–Crippen LogP) is 1.12. The lowest BCUT2D eigenvalue weighted by Gasteiger charge is -2.21. The Kier molecular flexibility index (Phi) is 2.93. The van der Waals surface area contributed by atoms with Crippen LogP contribution in [-0.4, -0.2) is 26.0 Å². The van der Waals surface area contributed by atoms with Crippen LogP contribution in [0.2, 0.25) is 0 Å². The summed E-state index contributed by atoms with van der Waals surface area (Å²) in [7, 11) is 0. The molecule has 1 aliphatic rings. The quantitative estimate of drug-likeness (QED) is 0.634. The van der Waals surface area contributed by atoms with Crippen LogP contribution < -0.4 is 10.7 Å². The van der Waals surface area contributed by atoms with E-state index in [2.05, 4.69) is 30.9 Å². The number of hydrazone groups is 1. The van der Waals surface area contributed by atoms with Gasteiger partial charge in [-0.15, -0.1) is 0 Å². The summed E-state index contributed by atoms with van der Waals surface area (Å²) >= 11 is 0. The first kappa shape index (κ1) is 11.4. The Labute approximate surface area is 110 Å². The summed E-state index contributed by atoms with van der Waals surface area (Å²) in [5, 5.41) is 11.5. The molecule has 2 N–H and O–H groups in total. The number of hydrogen-bond acceptors (Lipinski definition) is 6. The molecular formula is C12H13N7. The van der Waals surface area contributed by atoms with Crippen molar-refractivity contribution in [2.24, 2.45) is 5.10 Å². The average Bonchev–Trinajstić information content (AvgIpc) is 2.88. The van der Waals surface area contributed by atoms with Gasteiger partial charge in [-0.3, -0.25) is 10.4 Å². The summed E-state index contributed by atoms with van der Waals surface area (Å²) in [5.74, 6) is 0.705. The Morgan fingerprint density at radius 3 is 3.11 bits per heavy atom. The Hall–Kier alpha value is -2.70. The van der Waals surface area contributed by atoms with Gasteiger partial charge in [0.05, 0.1) is 6.21 Å². The fourth-order valence-electron chi connectivity index (χ4n) is 1.80. The molecule has 3 heterocycles. The molecule has 1 aliphatic heterocycles. The van der Waals surface area contributed by atoms with Gasteiger partial charge in [0.25, 0.3) is 0 Å². The molecule has 0 amide bonds. The lowest BCUT2D eigenvalue weighted by atomic mass is 10.3. The van der Waals surface area contributed by atoms with Crippen LogP contribution in [0.4, 0.5) is 5.95 Å². The van der Waals surface area contributed by atoms with Crippen LogP contribution in [0.15, 0.2) is 47.7 Å². The van der Waals surface area contributed by atoms with Gasteiger partial charge < -0.3 is 5.32 Å². The van der Waals surface area contributed by atoms with E-state index < -0.39 is 0 Å². The zero-order valence-electron chi connectivity index (χ0n) is 10.4. The molecule has 0 saturated heterocycles. The van der Waals surface area contributed by atoms with Crippen molar-refractivity contribution in [1.29, 1.82) is 0 Å². The number of nitrogens with zero attached hydrogens (tertiary/aromatic N) is 5. The molecule has 0 fully saturated rings. The van der Waals surface area contributed by atoms with Gasteiger partial charge in [0.1, 0.15) is 6.33 Å².